The van der Waals surface area contributed by atoms with Gasteiger partial charge in [0.15, 0.2) is 5.17 Å². The summed E-state index contributed by atoms with van der Waals surface area (Å²) in [4.78, 5) is 21.1. The second kappa shape index (κ2) is 8.15. The SMILES string of the molecule is Cn1cc(/C=C2/SC(=Nc3ccccc3)N(C3CCCCC3)C2=O)c2ccccc21. The summed E-state index contributed by atoms with van der Waals surface area (Å²) in [6, 6.07) is 18.5. The van der Waals surface area contributed by atoms with E-state index in [1.807, 2.05) is 60.5 Å². The zero-order chi connectivity index (χ0) is 20.5. The Hall–Kier alpha value is -2.79. The molecule has 1 saturated heterocycles. The summed E-state index contributed by atoms with van der Waals surface area (Å²) in [5.41, 5.74) is 3.13. The molecule has 1 aliphatic heterocycles. The normalized spacial score (nSPS) is 20.7. The molecule has 0 radical (unpaired) electrons. The largest absolute Gasteiger partial charge is 0.350 e. The molecule has 5 rings (SSSR count). The van der Waals surface area contributed by atoms with Crippen molar-refractivity contribution >= 4 is 45.5 Å². The highest BCUT2D eigenvalue weighted by Gasteiger charge is 2.38. The summed E-state index contributed by atoms with van der Waals surface area (Å²) in [5.74, 6) is 0.0921. The molecule has 0 unspecified atom stereocenters. The Morgan fingerprint density at radius 1 is 1.00 bits per heavy atom. The van der Waals surface area contributed by atoms with Gasteiger partial charge in [0, 0.05) is 35.8 Å². The lowest BCUT2D eigenvalue weighted by atomic mass is 9.94. The Bertz CT molecular complexity index is 1140. The predicted octanol–water partition coefficient (Wildman–Crippen LogP) is 6.12. The van der Waals surface area contributed by atoms with Crippen molar-refractivity contribution < 1.29 is 4.79 Å². The fourth-order valence-electron chi connectivity index (χ4n) is 4.47. The highest BCUT2D eigenvalue weighted by Crippen LogP contribution is 2.39. The monoisotopic (exact) mass is 415 g/mol. The standard InChI is InChI=1S/C25H25N3OS/c1-27-17-18(21-14-8-9-15-22(21)27)16-23-24(29)28(20-12-6-3-7-13-20)25(30-23)26-19-10-4-2-5-11-19/h2,4-5,8-11,14-17,20H,3,6-7,12-13H2,1H3/b23-16+,26-25?. The maximum atomic E-state index is 13.5. The molecule has 1 aliphatic carbocycles. The number of thioether (sulfide) groups is 1. The molecule has 0 atom stereocenters. The number of fused-ring (bicyclic) bond motifs is 1. The molecule has 1 amide bonds. The van der Waals surface area contributed by atoms with Gasteiger partial charge in [-0.05, 0) is 48.9 Å². The zero-order valence-electron chi connectivity index (χ0n) is 17.1. The second-order valence-corrected chi connectivity index (χ2v) is 9.03. The minimum absolute atomic E-state index is 0.0921. The van der Waals surface area contributed by atoms with E-state index in [4.69, 9.17) is 4.99 Å². The lowest BCUT2D eigenvalue weighted by Crippen LogP contribution is -2.40. The summed E-state index contributed by atoms with van der Waals surface area (Å²) < 4.78 is 2.11. The van der Waals surface area contributed by atoms with Crippen LogP contribution in [0.1, 0.15) is 37.7 Å². The fourth-order valence-corrected chi connectivity index (χ4v) is 5.52. The van der Waals surface area contributed by atoms with E-state index in [0.717, 1.165) is 34.2 Å². The van der Waals surface area contributed by atoms with Gasteiger partial charge in [0.25, 0.3) is 5.91 Å². The van der Waals surface area contributed by atoms with Crippen molar-refractivity contribution in [2.24, 2.45) is 12.0 Å². The summed E-state index contributed by atoms with van der Waals surface area (Å²) in [6.07, 6.45) is 9.88. The lowest BCUT2D eigenvalue weighted by molar-refractivity contribution is -0.124. The molecule has 2 aliphatic rings. The van der Waals surface area contributed by atoms with E-state index in [1.54, 1.807) is 0 Å². The first-order chi connectivity index (χ1) is 14.7. The number of aryl methyl sites for hydroxylation is 1. The number of amidine groups is 1. The number of carbonyl (C=O) groups is 1. The van der Waals surface area contributed by atoms with Crippen LogP contribution in [0.4, 0.5) is 5.69 Å². The molecule has 2 fully saturated rings. The third-order valence-corrected chi connectivity index (χ3v) is 6.96. The predicted molar refractivity (Wildman–Crippen MR) is 126 cm³/mol. The first-order valence-electron chi connectivity index (χ1n) is 10.6. The van der Waals surface area contributed by atoms with E-state index in [2.05, 4.69) is 22.9 Å². The van der Waals surface area contributed by atoms with E-state index in [9.17, 15) is 4.79 Å². The minimum Gasteiger partial charge on any atom is -0.350 e. The average molecular weight is 416 g/mol. The number of amides is 1. The van der Waals surface area contributed by atoms with Crippen molar-refractivity contribution in [1.29, 1.82) is 0 Å². The van der Waals surface area contributed by atoms with E-state index >= 15 is 0 Å². The quantitative estimate of drug-likeness (QED) is 0.484. The van der Waals surface area contributed by atoms with Crippen LogP contribution in [-0.4, -0.2) is 26.6 Å². The van der Waals surface area contributed by atoms with Gasteiger partial charge < -0.3 is 4.57 Å². The van der Waals surface area contributed by atoms with Crippen molar-refractivity contribution in [2.75, 3.05) is 0 Å². The number of hydrogen-bond acceptors (Lipinski definition) is 3. The first-order valence-corrected chi connectivity index (χ1v) is 11.4. The Labute approximate surface area is 181 Å². The van der Waals surface area contributed by atoms with Crippen molar-refractivity contribution in [3.05, 3.63) is 71.3 Å². The van der Waals surface area contributed by atoms with Gasteiger partial charge in [0.2, 0.25) is 0 Å². The third-order valence-electron chi connectivity index (χ3n) is 5.97. The Kier molecular flexibility index (Phi) is 5.21. The molecule has 2 heterocycles. The number of benzene rings is 2. The molecular weight excluding hydrogens is 390 g/mol. The van der Waals surface area contributed by atoms with Crippen LogP contribution in [0.25, 0.3) is 17.0 Å². The first kappa shape index (κ1) is 19.2. The van der Waals surface area contributed by atoms with Gasteiger partial charge in [0.1, 0.15) is 0 Å². The number of para-hydroxylation sites is 2. The second-order valence-electron chi connectivity index (χ2n) is 8.02. The van der Waals surface area contributed by atoms with Gasteiger partial charge >= 0.3 is 0 Å². The molecule has 152 valence electrons. The van der Waals surface area contributed by atoms with Crippen LogP contribution in [0.3, 0.4) is 0 Å². The maximum absolute atomic E-state index is 13.5. The van der Waals surface area contributed by atoms with Gasteiger partial charge in [-0.3, -0.25) is 9.69 Å². The third kappa shape index (κ3) is 3.58. The molecule has 0 N–H and O–H groups in total. The van der Waals surface area contributed by atoms with Crippen molar-refractivity contribution in [1.82, 2.24) is 9.47 Å². The molecule has 4 nitrogen and oxygen atoms in total. The number of aliphatic imine (C=N–C) groups is 1. The van der Waals surface area contributed by atoms with Gasteiger partial charge in [-0.15, -0.1) is 0 Å². The molecule has 0 bridgehead atoms. The molecule has 0 spiro atoms. The average Bonchev–Trinajstić information content (AvgIpc) is 3.26. The molecule has 5 heteroatoms. The molecule has 30 heavy (non-hydrogen) atoms. The number of nitrogens with zero attached hydrogens (tertiary/aromatic N) is 3. The van der Waals surface area contributed by atoms with E-state index in [1.165, 1.54) is 41.9 Å². The molecule has 2 aromatic carbocycles. The number of carbonyl (C=O) groups excluding carboxylic acids is 1. The summed E-state index contributed by atoms with van der Waals surface area (Å²) >= 11 is 1.51. The van der Waals surface area contributed by atoms with Gasteiger partial charge in [-0.25, -0.2) is 4.99 Å². The van der Waals surface area contributed by atoms with Gasteiger partial charge in [-0.1, -0.05) is 55.7 Å². The van der Waals surface area contributed by atoms with Crippen molar-refractivity contribution in [3.63, 3.8) is 0 Å². The van der Waals surface area contributed by atoms with Crippen LogP contribution in [0.2, 0.25) is 0 Å². The van der Waals surface area contributed by atoms with Gasteiger partial charge in [0.05, 0.1) is 10.6 Å². The van der Waals surface area contributed by atoms with Crippen molar-refractivity contribution in [2.45, 2.75) is 38.1 Å². The molecule has 1 aromatic heterocycles. The van der Waals surface area contributed by atoms with E-state index in [0.29, 0.717) is 0 Å². The zero-order valence-corrected chi connectivity index (χ0v) is 17.9. The van der Waals surface area contributed by atoms with Crippen LogP contribution in [-0.2, 0) is 11.8 Å². The number of aromatic nitrogens is 1. The van der Waals surface area contributed by atoms with E-state index < -0.39 is 0 Å². The number of rotatable bonds is 3. The highest BCUT2D eigenvalue weighted by atomic mass is 32.2. The summed E-state index contributed by atoms with van der Waals surface area (Å²) in [5, 5.41) is 1.98. The Morgan fingerprint density at radius 2 is 1.73 bits per heavy atom. The molecular formula is C25H25N3OS. The highest BCUT2D eigenvalue weighted by molar-refractivity contribution is 8.18. The number of hydrogen-bond donors (Lipinski definition) is 0. The molecule has 3 aromatic rings. The van der Waals surface area contributed by atoms with Crippen LogP contribution in [0.15, 0.2) is 70.7 Å². The van der Waals surface area contributed by atoms with Crippen LogP contribution in [0, 0.1) is 0 Å². The topological polar surface area (TPSA) is 37.6 Å². The minimum atomic E-state index is 0.0921. The van der Waals surface area contributed by atoms with Crippen LogP contribution in [0.5, 0.6) is 0 Å². The van der Waals surface area contributed by atoms with Crippen molar-refractivity contribution in [3.8, 4) is 0 Å². The molecule has 1 saturated carbocycles. The Balaban J connectivity index is 1.55. The van der Waals surface area contributed by atoms with Crippen LogP contribution < -0.4 is 0 Å². The summed E-state index contributed by atoms with van der Waals surface area (Å²) in [7, 11) is 2.05. The van der Waals surface area contributed by atoms with E-state index in [-0.39, 0.29) is 11.9 Å². The summed E-state index contributed by atoms with van der Waals surface area (Å²) in [6.45, 7) is 0. The Morgan fingerprint density at radius 3 is 2.53 bits per heavy atom. The lowest BCUT2D eigenvalue weighted by Gasteiger charge is -2.30. The van der Waals surface area contributed by atoms with Crippen LogP contribution >= 0.6 is 11.8 Å². The maximum Gasteiger partial charge on any atom is 0.267 e. The smallest absolute Gasteiger partial charge is 0.267 e. The fraction of sp³-hybridized carbons (Fsp3) is 0.280. The van der Waals surface area contributed by atoms with Gasteiger partial charge in [-0.2, -0.15) is 0 Å².